The van der Waals surface area contributed by atoms with Crippen molar-refractivity contribution in [2.24, 2.45) is 0 Å². The van der Waals surface area contributed by atoms with E-state index in [1.54, 1.807) is 5.51 Å². The molecule has 1 fully saturated rings. The molecule has 4 nitrogen and oxygen atoms in total. The van der Waals surface area contributed by atoms with Crippen molar-refractivity contribution in [3.8, 4) is 0 Å². The van der Waals surface area contributed by atoms with Gasteiger partial charge in [0.05, 0.1) is 11.2 Å². The molecule has 2 rings (SSSR count). The first-order valence-electron chi connectivity index (χ1n) is 6.65. The SMILES string of the molecule is CCCN(CC1CCCN1)C(=O)c1scnc1C. The average Bonchev–Trinajstić information content (AvgIpc) is 2.99. The van der Waals surface area contributed by atoms with Crippen LogP contribution in [0, 0.1) is 6.92 Å². The molecule has 1 amide bonds. The largest absolute Gasteiger partial charge is 0.336 e. The maximum Gasteiger partial charge on any atom is 0.265 e. The lowest BCUT2D eigenvalue weighted by atomic mass is 10.2. The number of amides is 1. The molecule has 1 N–H and O–H groups in total. The summed E-state index contributed by atoms with van der Waals surface area (Å²) in [6.45, 7) is 6.75. The Bertz CT molecular complexity index is 399. The summed E-state index contributed by atoms with van der Waals surface area (Å²) < 4.78 is 0. The van der Waals surface area contributed by atoms with Crippen molar-refractivity contribution in [1.82, 2.24) is 15.2 Å². The number of hydrogen-bond donors (Lipinski definition) is 1. The number of hydrogen-bond acceptors (Lipinski definition) is 4. The molecule has 1 aliphatic rings. The van der Waals surface area contributed by atoms with Gasteiger partial charge in [0, 0.05) is 19.1 Å². The summed E-state index contributed by atoms with van der Waals surface area (Å²) in [5, 5.41) is 3.45. The highest BCUT2D eigenvalue weighted by Crippen LogP contribution is 2.17. The molecule has 0 saturated carbocycles. The second kappa shape index (κ2) is 6.29. The van der Waals surface area contributed by atoms with Crippen LogP contribution in [0.5, 0.6) is 0 Å². The molecular formula is C13H21N3OS. The predicted molar refractivity (Wildman–Crippen MR) is 74.1 cm³/mol. The number of rotatable bonds is 5. The van der Waals surface area contributed by atoms with Crippen LogP contribution < -0.4 is 5.32 Å². The lowest BCUT2D eigenvalue weighted by Crippen LogP contribution is -2.41. The number of thiazole rings is 1. The molecular weight excluding hydrogens is 246 g/mol. The number of nitrogens with zero attached hydrogens (tertiary/aromatic N) is 2. The topological polar surface area (TPSA) is 45.2 Å². The Balaban J connectivity index is 2.04. The first kappa shape index (κ1) is 13.5. The minimum atomic E-state index is 0.144. The number of carbonyl (C=O) groups is 1. The van der Waals surface area contributed by atoms with Crippen LogP contribution in [0.4, 0.5) is 0 Å². The summed E-state index contributed by atoms with van der Waals surface area (Å²) >= 11 is 1.45. The van der Waals surface area contributed by atoms with E-state index in [1.807, 2.05) is 11.8 Å². The number of nitrogens with one attached hydrogen (secondary N) is 1. The Hall–Kier alpha value is -0.940. The van der Waals surface area contributed by atoms with Gasteiger partial charge in [-0.15, -0.1) is 11.3 Å². The smallest absolute Gasteiger partial charge is 0.265 e. The fourth-order valence-electron chi connectivity index (χ4n) is 2.38. The normalized spacial score (nSPS) is 19.1. The van der Waals surface area contributed by atoms with Gasteiger partial charge in [0.1, 0.15) is 4.88 Å². The van der Waals surface area contributed by atoms with Gasteiger partial charge in [-0.1, -0.05) is 6.92 Å². The van der Waals surface area contributed by atoms with Crippen LogP contribution >= 0.6 is 11.3 Å². The van der Waals surface area contributed by atoms with Gasteiger partial charge in [-0.2, -0.15) is 0 Å². The van der Waals surface area contributed by atoms with E-state index in [4.69, 9.17) is 0 Å². The van der Waals surface area contributed by atoms with Gasteiger partial charge < -0.3 is 10.2 Å². The van der Waals surface area contributed by atoms with Crippen LogP contribution in [0.1, 0.15) is 41.6 Å². The van der Waals surface area contributed by atoms with Crippen LogP contribution in [-0.2, 0) is 0 Å². The molecule has 100 valence electrons. The highest BCUT2D eigenvalue weighted by molar-refractivity contribution is 7.11. The zero-order valence-electron chi connectivity index (χ0n) is 11.1. The summed E-state index contributed by atoms with van der Waals surface area (Å²) in [5.41, 5.74) is 2.60. The average molecular weight is 267 g/mol. The zero-order chi connectivity index (χ0) is 13.0. The van der Waals surface area contributed by atoms with Crippen LogP contribution in [0.3, 0.4) is 0 Å². The van der Waals surface area contributed by atoms with Crippen molar-refractivity contribution < 1.29 is 4.79 Å². The van der Waals surface area contributed by atoms with Crippen LogP contribution in [0.15, 0.2) is 5.51 Å². The monoisotopic (exact) mass is 267 g/mol. The van der Waals surface area contributed by atoms with Crippen molar-refractivity contribution in [2.75, 3.05) is 19.6 Å². The lowest BCUT2D eigenvalue weighted by molar-refractivity contribution is 0.0746. The van der Waals surface area contributed by atoms with Crippen LogP contribution in [0.2, 0.25) is 0 Å². The minimum absolute atomic E-state index is 0.144. The lowest BCUT2D eigenvalue weighted by Gasteiger charge is -2.25. The Labute approximate surface area is 112 Å². The molecule has 0 spiro atoms. The van der Waals surface area contributed by atoms with Crippen molar-refractivity contribution in [2.45, 2.75) is 39.2 Å². The van der Waals surface area contributed by atoms with Gasteiger partial charge >= 0.3 is 0 Å². The van der Waals surface area contributed by atoms with E-state index < -0.39 is 0 Å². The molecule has 1 aliphatic heterocycles. The second-order valence-electron chi connectivity index (χ2n) is 4.81. The quantitative estimate of drug-likeness (QED) is 0.888. The fourth-order valence-corrected chi connectivity index (χ4v) is 3.14. The van der Waals surface area contributed by atoms with E-state index in [0.29, 0.717) is 6.04 Å². The summed E-state index contributed by atoms with van der Waals surface area (Å²) in [7, 11) is 0. The molecule has 1 saturated heterocycles. The number of aryl methyl sites for hydroxylation is 1. The molecule has 18 heavy (non-hydrogen) atoms. The molecule has 2 heterocycles. The molecule has 1 unspecified atom stereocenters. The van der Waals surface area contributed by atoms with E-state index in [0.717, 1.165) is 36.6 Å². The van der Waals surface area contributed by atoms with Gasteiger partial charge in [0.2, 0.25) is 0 Å². The zero-order valence-corrected chi connectivity index (χ0v) is 11.9. The Morgan fingerprint density at radius 3 is 3.06 bits per heavy atom. The number of carbonyl (C=O) groups excluding carboxylic acids is 1. The van der Waals surface area contributed by atoms with Gasteiger partial charge in [0.25, 0.3) is 5.91 Å². The third kappa shape index (κ3) is 3.09. The summed E-state index contributed by atoms with van der Waals surface area (Å²) in [6.07, 6.45) is 3.39. The molecule has 1 aromatic rings. The molecule has 5 heteroatoms. The molecule has 0 radical (unpaired) electrons. The first-order valence-corrected chi connectivity index (χ1v) is 7.53. The maximum absolute atomic E-state index is 12.5. The standard InChI is InChI=1S/C13H21N3OS/c1-3-7-16(8-11-5-4-6-14-11)13(17)12-10(2)15-9-18-12/h9,11,14H,3-8H2,1-2H3. The molecule has 0 aliphatic carbocycles. The molecule has 0 aromatic carbocycles. The van der Waals surface area contributed by atoms with Gasteiger partial charge in [-0.25, -0.2) is 4.98 Å². The maximum atomic E-state index is 12.5. The van der Waals surface area contributed by atoms with Gasteiger partial charge in [-0.05, 0) is 32.7 Å². The minimum Gasteiger partial charge on any atom is -0.336 e. The van der Waals surface area contributed by atoms with E-state index in [1.165, 1.54) is 24.2 Å². The number of aromatic nitrogens is 1. The fraction of sp³-hybridized carbons (Fsp3) is 0.692. The predicted octanol–water partition coefficient (Wildman–Crippen LogP) is 2.06. The van der Waals surface area contributed by atoms with Crippen LogP contribution in [0.25, 0.3) is 0 Å². The van der Waals surface area contributed by atoms with Crippen molar-refractivity contribution in [3.63, 3.8) is 0 Å². The van der Waals surface area contributed by atoms with Crippen LogP contribution in [-0.4, -0.2) is 41.5 Å². The van der Waals surface area contributed by atoms with E-state index in [9.17, 15) is 4.79 Å². The highest BCUT2D eigenvalue weighted by Gasteiger charge is 2.23. The van der Waals surface area contributed by atoms with Gasteiger partial charge in [-0.3, -0.25) is 4.79 Å². The highest BCUT2D eigenvalue weighted by atomic mass is 32.1. The third-order valence-corrected chi connectivity index (χ3v) is 4.24. The van der Waals surface area contributed by atoms with E-state index >= 15 is 0 Å². The van der Waals surface area contributed by atoms with Crippen molar-refractivity contribution in [1.29, 1.82) is 0 Å². The summed E-state index contributed by atoms with van der Waals surface area (Å²) in [5.74, 6) is 0.144. The molecule has 0 bridgehead atoms. The first-order chi connectivity index (χ1) is 8.72. The Morgan fingerprint density at radius 1 is 1.67 bits per heavy atom. The van der Waals surface area contributed by atoms with E-state index in [-0.39, 0.29) is 5.91 Å². The Morgan fingerprint density at radius 2 is 2.50 bits per heavy atom. The summed E-state index contributed by atoms with van der Waals surface area (Å²) in [4.78, 5) is 19.4. The van der Waals surface area contributed by atoms with Gasteiger partial charge in [0.15, 0.2) is 0 Å². The van der Waals surface area contributed by atoms with Crippen molar-refractivity contribution in [3.05, 3.63) is 16.1 Å². The van der Waals surface area contributed by atoms with E-state index in [2.05, 4.69) is 17.2 Å². The van der Waals surface area contributed by atoms with Crippen molar-refractivity contribution >= 4 is 17.2 Å². The second-order valence-corrected chi connectivity index (χ2v) is 5.67. The summed E-state index contributed by atoms with van der Waals surface area (Å²) in [6, 6.07) is 0.466. The molecule has 1 atom stereocenters. The third-order valence-electron chi connectivity index (χ3n) is 3.32. The Kier molecular flexibility index (Phi) is 4.72. The molecule has 1 aromatic heterocycles.